The van der Waals surface area contributed by atoms with Gasteiger partial charge < -0.3 is 4.74 Å². The average molecular weight is 347 g/mol. The number of sulfonamides is 1. The number of carbonyl (C=O) groups excluding carboxylic acids is 1. The lowest BCUT2D eigenvalue weighted by Gasteiger charge is -2.22. The maximum absolute atomic E-state index is 13.7. The third-order valence-electron chi connectivity index (χ3n) is 3.41. The molecule has 0 aliphatic carbocycles. The lowest BCUT2D eigenvalue weighted by atomic mass is 10.1. The van der Waals surface area contributed by atoms with Crippen LogP contribution in [0, 0.1) is 17.6 Å². The molecule has 0 saturated carbocycles. The van der Waals surface area contributed by atoms with E-state index in [4.69, 9.17) is 4.74 Å². The Morgan fingerprint density at radius 3 is 2.35 bits per heavy atom. The van der Waals surface area contributed by atoms with E-state index in [2.05, 4.69) is 0 Å². The molecule has 0 amide bonds. The van der Waals surface area contributed by atoms with Gasteiger partial charge in [0, 0.05) is 13.1 Å². The maximum Gasteiger partial charge on any atom is 0.310 e. The van der Waals surface area contributed by atoms with E-state index in [1.54, 1.807) is 20.8 Å². The molecule has 1 saturated heterocycles. The van der Waals surface area contributed by atoms with Crippen molar-refractivity contribution >= 4 is 16.0 Å². The zero-order valence-electron chi connectivity index (χ0n) is 13.2. The number of hydrogen-bond acceptors (Lipinski definition) is 4. The van der Waals surface area contributed by atoms with E-state index >= 15 is 0 Å². The summed E-state index contributed by atoms with van der Waals surface area (Å²) < 4.78 is 58.5. The molecule has 1 aromatic carbocycles. The van der Waals surface area contributed by atoms with Crippen LogP contribution in [0.15, 0.2) is 23.1 Å². The highest BCUT2D eigenvalue weighted by atomic mass is 32.2. The first-order valence-corrected chi connectivity index (χ1v) is 8.63. The molecule has 2 rings (SSSR count). The fraction of sp³-hybridized carbons (Fsp3) is 0.533. The summed E-state index contributed by atoms with van der Waals surface area (Å²) in [7, 11) is -4.33. The van der Waals surface area contributed by atoms with E-state index in [1.807, 2.05) is 0 Å². The van der Waals surface area contributed by atoms with Crippen molar-refractivity contribution in [2.75, 3.05) is 13.1 Å². The zero-order valence-corrected chi connectivity index (χ0v) is 14.0. The van der Waals surface area contributed by atoms with Gasteiger partial charge in [-0.25, -0.2) is 17.2 Å². The predicted molar refractivity (Wildman–Crippen MR) is 79.1 cm³/mol. The molecule has 1 aliphatic heterocycles. The summed E-state index contributed by atoms with van der Waals surface area (Å²) in [5, 5.41) is 0. The number of esters is 1. The van der Waals surface area contributed by atoms with Crippen LogP contribution in [0.25, 0.3) is 0 Å². The quantitative estimate of drug-likeness (QED) is 0.787. The van der Waals surface area contributed by atoms with E-state index in [1.165, 1.54) is 0 Å². The van der Waals surface area contributed by atoms with Crippen molar-refractivity contribution in [1.82, 2.24) is 4.31 Å². The van der Waals surface area contributed by atoms with E-state index in [0.29, 0.717) is 0 Å². The van der Waals surface area contributed by atoms with Gasteiger partial charge in [-0.15, -0.1) is 0 Å². The molecule has 1 atom stereocenters. The second-order valence-electron chi connectivity index (χ2n) is 6.43. The van der Waals surface area contributed by atoms with Crippen molar-refractivity contribution in [3.63, 3.8) is 0 Å². The van der Waals surface area contributed by atoms with Crippen LogP contribution in [0.5, 0.6) is 0 Å². The molecule has 0 unspecified atom stereocenters. The lowest BCUT2D eigenvalue weighted by Crippen LogP contribution is -2.33. The third-order valence-corrected chi connectivity index (χ3v) is 5.33. The van der Waals surface area contributed by atoms with Crippen LogP contribution in [-0.2, 0) is 19.6 Å². The van der Waals surface area contributed by atoms with Gasteiger partial charge in [0.25, 0.3) is 0 Å². The van der Waals surface area contributed by atoms with Gasteiger partial charge in [-0.2, -0.15) is 4.31 Å². The summed E-state index contributed by atoms with van der Waals surface area (Å²) in [5.41, 5.74) is -0.680. The molecular formula is C15H19F2NO4S. The number of hydrogen-bond donors (Lipinski definition) is 0. The van der Waals surface area contributed by atoms with Crippen molar-refractivity contribution in [2.24, 2.45) is 5.92 Å². The van der Waals surface area contributed by atoms with Gasteiger partial charge in [0.2, 0.25) is 10.0 Å². The van der Waals surface area contributed by atoms with Gasteiger partial charge in [0.05, 0.1) is 5.92 Å². The molecule has 128 valence electrons. The van der Waals surface area contributed by atoms with Gasteiger partial charge >= 0.3 is 5.97 Å². The Balaban J connectivity index is 2.20. The van der Waals surface area contributed by atoms with Crippen LogP contribution in [0.4, 0.5) is 8.78 Å². The van der Waals surface area contributed by atoms with Crippen molar-refractivity contribution in [1.29, 1.82) is 0 Å². The van der Waals surface area contributed by atoms with E-state index < -0.39 is 44.0 Å². The van der Waals surface area contributed by atoms with Crippen LogP contribution >= 0.6 is 0 Å². The molecule has 1 fully saturated rings. The van der Waals surface area contributed by atoms with Crippen LogP contribution < -0.4 is 0 Å². The molecule has 0 aromatic heterocycles. The van der Waals surface area contributed by atoms with Gasteiger partial charge in [-0.3, -0.25) is 4.79 Å². The van der Waals surface area contributed by atoms with E-state index in [-0.39, 0.29) is 19.5 Å². The molecule has 8 heteroatoms. The zero-order chi connectivity index (χ0) is 17.4. The molecule has 0 bridgehead atoms. The van der Waals surface area contributed by atoms with Crippen molar-refractivity contribution < 1.29 is 26.7 Å². The smallest absolute Gasteiger partial charge is 0.310 e. The highest BCUT2D eigenvalue weighted by Gasteiger charge is 2.39. The molecule has 0 N–H and O–H groups in total. The Bertz CT molecular complexity index is 692. The Kier molecular flexibility index (Phi) is 4.77. The van der Waals surface area contributed by atoms with Crippen molar-refractivity contribution in [3.05, 3.63) is 29.8 Å². The molecule has 1 aliphatic rings. The van der Waals surface area contributed by atoms with Crippen LogP contribution in [0.1, 0.15) is 27.2 Å². The van der Waals surface area contributed by atoms with Gasteiger partial charge in [0.1, 0.15) is 17.2 Å². The van der Waals surface area contributed by atoms with Crippen LogP contribution in [0.2, 0.25) is 0 Å². The molecule has 1 heterocycles. The number of halogens is 2. The van der Waals surface area contributed by atoms with E-state index in [0.717, 1.165) is 22.5 Å². The fourth-order valence-electron chi connectivity index (χ4n) is 2.38. The minimum absolute atomic E-state index is 0.0139. The molecule has 0 radical (unpaired) electrons. The Labute approximate surface area is 134 Å². The summed E-state index contributed by atoms with van der Waals surface area (Å²) >= 11 is 0. The Morgan fingerprint density at radius 1 is 1.26 bits per heavy atom. The number of carbonyl (C=O) groups is 1. The monoisotopic (exact) mass is 347 g/mol. The highest BCUT2D eigenvalue weighted by Crippen LogP contribution is 2.28. The maximum atomic E-state index is 13.7. The lowest BCUT2D eigenvalue weighted by molar-refractivity contribution is -0.159. The SMILES string of the molecule is CC(C)(C)OC(=O)[C@H]1CCN(S(=O)(=O)c2c(F)cccc2F)C1. The summed E-state index contributed by atoms with van der Waals surface area (Å²) in [6, 6.07) is 2.87. The predicted octanol–water partition coefficient (Wildman–Crippen LogP) is 2.32. The minimum atomic E-state index is -4.33. The first-order chi connectivity index (χ1) is 10.5. The van der Waals surface area contributed by atoms with E-state index in [9.17, 15) is 22.0 Å². The summed E-state index contributed by atoms with van der Waals surface area (Å²) in [6.45, 7) is 5.00. The minimum Gasteiger partial charge on any atom is -0.460 e. The molecule has 5 nitrogen and oxygen atoms in total. The third kappa shape index (κ3) is 3.87. The second kappa shape index (κ2) is 6.16. The Morgan fingerprint density at radius 2 is 1.83 bits per heavy atom. The highest BCUT2D eigenvalue weighted by molar-refractivity contribution is 7.89. The molecule has 23 heavy (non-hydrogen) atoms. The van der Waals surface area contributed by atoms with Crippen LogP contribution in [0.3, 0.4) is 0 Å². The largest absolute Gasteiger partial charge is 0.460 e. The van der Waals surface area contributed by atoms with Gasteiger partial charge in [-0.1, -0.05) is 6.07 Å². The standard InChI is InChI=1S/C15H19F2NO4S/c1-15(2,3)22-14(19)10-7-8-18(9-10)23(20,21)13-11(16)5-4-6-12(13)17/h4-6,10H,7-9H2,1-3H3/t10-/m0/s1. The topological polar surface area (TPSA) is 63.7 Å². The summed E-state index contributed by atoms with van der Waals surface area (Å²) in [5.74, 6) is -3.44. The number of nitrogens with zero attached hydrogens (tertiary/aromatic N) is 1. The molecule has 0 spiro atoms. The summed E-state index contributed by atoms with van der Waals surface area (Å²) in [6.07, 6.45) is 0.254. The second-order valence-corrected chi connectivity index (χ2v) is 8.31. The Hall–Kier alpha value is -1.54. The van der Waals surface area contributed by atoms with Crippen molar-refractivity contribution in [3.8, 4) is 0 Å². The number of ether oxygens (including phenoxy) is 1. The fourth-order valence-corrected chi connectivity index (χ4v) is 3.99. The van der Waals surface area contributed by atoms with Gasteiger partial charge in [0.15, 0.2) is 4.90 Å². The first-order valence-electron chi connectivity index (χ1n) is 7.19. The van der Waals surface area contributed by atoms with Crippen molar-refractivity contribution in [2.45, 2.75) is 37.7 Å². The average Bonchev–Trinajstić information content (AvgIpc) is 2.86. The molecule has 1 aromatic rings. The van der Waals surface area contributed by atoms with Crippen LogP contribution in [-0.4, -0.2) is 37.4 Å². The normalized spacial score (nSPS) is 19.8. The summed E-state index contributed by atoms with van der Waals surface area (Å²) in [4.78, 5) is 11.0. The molecular weight excluding hydrogens is 328 g/mol. The van der Waals surface area contributed by atoms with Gasteiger partial charge in [-0.05, 0) is 39.3 Å². The first kappa shape index (κ1) is 17.8. The number of rotatable bonds is 3. The number of benzene rings is 1.